The summed E-state index contributed by atoms with van der Waals surface area (Å²) in [7, 11) is 0. The number of carbonyl (C=O) groups is 2. The van der Waals surface area contributed by atoms with Gasteiger partial charge in [-0.1, -0.05) is 11.6 Å². The molecule has 0 saturated carbocycles. The van der Waals surface area contributed by atoms with Crippen LogP contribution in [-0.4, -0.2) is 16.8 Å². The Hall–Kier alpha value is -2.40. The van der Waals surface area contributed by atoms with Crippen LogP contribution in [0.3, 0.4) is 0 Å². The van der Waals surface area contributed by atoms with Gasteiger partial charge in [0.25, 0.3) is 0 Å². The number of rotatable bonds is 3. The Balaban J connectivity index is 1.99. The fourth-order valence-corrected chi connectivity index (χ4v) is 1.70. The Morgan fingerprint density at radius 1 is 1.10 bits per heavy atom. The van der Waals surface area contributed by atoms with E-state index >= 15 is 0 Å². The fourth-order valence-electron chi connectivity index (χ4n) is 1.54. The van der Waals surface area contributed by atoms with Gasteiger partial charge in [-0.3, -0.25) is 10.1 Å². The minimum atomic E-state index is -0.435. The summed E-state index contributed by atoms with van der Waals surface area (Å²) in [5.74, 6) is 0.333. The third-order valence-corrected chi connectivity index (χ3v) is 2.75. The number of anilines is 2. The molecule has 0 spiro atoms. The van der Waals surface area contributed by atoms with Crippen LogP contribution in [0.5, 0.6) is 0 Å². The fraction of sp³-hybridized carbons (Fsp3) is 0.0714. The van der Waals surface area contributed by atoms with Gasteiger partial charge in [0, 0.05) is 22.5 Å². The maximum Gasteiger partial charge on any atom is 0.324 e. The van der Waals surface area contributed by atoms with Gasteiger partial charge in [-0.15, -0.1) is 0 Å². The molecule has 0 aliphatic heterocycles. The lowest BCUT2D eigenvalue weighted by molar-refractivity contribution is 0.101. The molecular formula is C14H12ClN3O2. The molecule has 6 heteroatoms. The van der Waals surface area contributed by atoms with E-state index in [4.69, 9.17) is 11.6 Å². The molecule has 2 aromatic rings. The summed E-state index contributed by atoms with van der Waals surface area (Å²) in [5.41, 5.74) is 1.17. The highest BCUT2D eigenvalue weighted by Crippen LogP contribution is 2.13. The van der Waals surface area contributed by atoms with Crippen molar-refractivity contribution in [2.24, 2.45) is 0 Å². The predicted octanol–water partition coefficient (Wildman–Crippen LogP) is 3.58. The van der Waals surface area contributed by atoms with Crippen LogP contribution < -0.4 is 10.6 Å². The monoisotopic (exact) mass is 289 g/mol. The van der Waals surface area contributed by atoms with Crippen LogP contribution in [0.1, 0.15) is 17.3 Å². The third-order valence-electron chi connectivity index (χ3n) is 2.51. The minimum Gasteiger partial charge on any atom is -0.308 e. The highest BCUT2D eigenvalue weighted by molar-refractivity contribution is 6.30. The van der Waals surface area contributed by atoms with Crippen LogP contribution >= 0.6 is 11.6 Å². The number of nitrogens with one attached hydrogen (secondary N) is 2. The van der Waals surface area contributed by atoms with Crippen molar-refractivity contribution in [2.75, 3.05) is 10.6 Å². The normalized spacial score (nSPS) is 9.90. The Labute approximate surface area is 121 Å². The lowest BCUT2D eigenvalue weighted by atomic mass is 10.1. The van der Waals surface area contributed by atoms with Crippen LogP contribution in [0.25, 0.3) is 0 Å². The Morgan fingerprint density at radius 2 is 1.80 bits per heavy atom. The van der Waals surface area contributed by atoms with Gasteiger partial charge in [0.05, 0.1) is 0 Å². The van der Waals surface area contributed by atoms with E-state index in [0.29, 0.717) is 22.1 Å². The number of pyridine rings is 1. The second kappa shape index (κ2) is 6.16. The maximum atomic E-state index is 11.7. The van der Waals surface area contributed by atoms with Crippen molar-refractivity contribution in [3.05, 3.63) is 53.2 Å². The lowest BCUT2D eigenvalue weighted by Crippen LogP contribution is -2.20. The summed E-state index contributed by atoms with van der Waals surface area (Å²) in [5, 5.41) is 5.67. The second-order valence-electron chi connectivity index (χ2n) is 4.07. The van der Waals surface area contributed by atoms with Gasteiger partial charge in [0.1, 0.15) is 5.82 Å². The Bertz CT molecular complexity index is 641. The highest BCUT2D eigenvalue weighted by Gasteiger charge is 2.05. The van der Waals surface area contributed by atoms with Crippen LogP contribution in [-0.2, 0) is 0 Å². The molecule has 2 amide bonds. The first-order chi connectivity index (χ1) is 9.54. The zero-order valence-electron chi connectivity index (χ0n) is 10.7. The van der Waals surface area contributed by atoms with E-state index in [1.54, 1.807) is 36.4 Å². The zero-order valence-corrected chi connectivity index (χ0v) is 11.4. The van der Waals surface area contributed by atoms with E-state index in [1.807, 2.05) is 0 Å². The van der Waals surface area contributed by atoms with Gasteiger partial charge in [-0.2, -0.15) is 0 Å². The molecule has 1 heterocycles. The molecule has 1 aromatic heterocycles. The van der Waals surface area contributed by atoms with E-state index in [0.717, 1.165) is 0 Å². The topological polar surface area (TPSA) is 71.1 Å². The molecule has 0 unspecified atom stereocenters. The van der Waals surface area contributed by atoms with Crippen molar-refractivity contribution in [1.29, 1.82) is 0 Å². The van der Waals surface area contributed by atoms with E-state index < -0.39 is 6.03 Å². The smallest absolute Gasteiger partial charge is 0.308 e. The Morgan fingerprint density at radius 3 is 2.40 bits per heavy atom. The van der Waals surface area contributed by atoms with Crippen LogP contribution in [0.2, 0.25) is 5.02 Å². The number of aromatic nitrogens is 1. The lowest BCUT2D eigenvalue weighted by Gasteiger charge is -2.07. The third kappa shape index (κ3) is 3.80. The quantitative estimate of drug-likeness (QED) is 0.848. The van der Waals surface area contributed by atoms with Gasteiger partial charge in [-0.25, -0.2) is 9.78 Å². The number of urea groups is 1. The number of hydrogen-bond acceptors (Lipinski definition) is 3. The summed E-state index contributed by atoms with van der Waals surface area (Å²) in [4.78, 5) is 26.8. The molecule has 2 N–H and O–H groups in total. The highest BCUT2D eigenvalue weighted by atomic mass is 35.5. The molecule has 0 fully saturated rings. The largest absolute Gasteiger partial charge is 0.324 e. The van der Waals surface area contributed by atoms with Gasteiger partial charge in [-0.05, 0) is 43.3 Å². The van der Waals surface area contributed by atoms with E-state index in [9.17, 15) is 9.59 Å². The van der Waals surface area contributed by atoms with Crippen molar-refractivity contribution in [3.8, 4) is 0 Å². The van der Waals surface area contributed by atoms with Crippen molar-refractivity contribution >= 4 is 34.9 Å². The molecule has 5 nitrogen and oxygen atoms in total. The van der Waals surface area contributed by atoms with Gasteiger partial charge in [0.2, 0.25) is 0 Å². The first-order valence-corrected chi connectivity index (χ1v) is 6.23. The molecule has 0 aliphatic rings. The first-order valence-electron chi connectivity index (χ1n) is 5.85. The molecule has 20 heavy (non-hydrogen) atoms. The number of amides is 2. The summed E-state index contributed by atoms with van der Waals surface area (Å²) < 4.78 is 0. The molecule has 0 saturated heterocycles. The molecule has 0 atom stereocenters. The van der Waals surface area contributed by atoms with E-state index in [1.165, 1.54) is 13.1 Å². The van der Waals surface area contributed by atoms with Gasteiger partial charge >= 0.3 is 6.03 Å². The number of hydrogen-bond donors (Lipinski definition) is 2. The van der Waals surface area contributed by atoms with Crippen LogP contribution in [0.15, 0.2) is 42.6 Å². The molecule has 102 valence electrons. The maximum absolute atomic E-state index is 11.7. The van der Waals surface area contributed by atoms with Gasteiger partial charge < -0.3 is 5.32 Å². The standard InChI is InChI=1S/C14H12ClN3O2/c1-9(19)10-2-4-12(5-3-10)17-14(20)18-13-8-11(15)6-7-16-13/h2-8H,1H3,(H2,16,17,18,20). The van der Waals surface area contributed by atoms with Crippen LogP contribution in [0, 0.1) is 0 Å². The first kappa shape index (κ1) is 14.0. The minimum absolute atomic E-state index is 0.0240. The van der Waals surface area contributed by atoms with Crippen molar-refractivity contribution < 1.29 is 9.59 Å². The average molecular weight is 290 g/mol. The molecule has 1 aromatic carbocycles. The summed E-state index contributed by atoms with van der Waals surface area (Å²) in [6.07, 6.45) is 1.50. The predicted molar refractivity (Wildman–Crippen MR) is 78.3 cm³/mol. The molecule has 0 bridgehead atoms. The number of ketones is 1. The van der Waals surface area contributed by atoms with Crippen molar-refractivity contribution in [3.63, 3.8) is 0 Å². The number of halogens is 1. The van der Waals surface area contributed by atoms with Gasteiger partial charge in [0.15, 0.2) is 5.78 Å². The van der Waals surface area contributed by atoms with Crippen molar-refractivity contribution in [2.45, 2.75) is 6.92 Å². The molecule has 0 aliphatic carbocycles. The number of carbonyl (C=O) groups excluding carboxylic acids is 2. The second-order valence-corrected chi connectivity index (χ2v) is 4.51. The number of benzene rings is 1. The molecule has 0 radical (unpaired) electrons. The molecule has 2 rings (SSSR count). The summed E-state index contributed by atoms with van der Waals surface area (Å²) in [6.45, 7) is 1.49. The summed E-state index contributed by atoms with van der Waals surface area (Å²) in [6, 6.07) is 9.33. The zero-order chi connectivity index (χ0) is 14.5. The van der Waals surface area contributed by atoms with Crippen LogP contribution in [0.4, 0.5) is 16.3 Å². The number of Topliss-reactive ketones (excluding diaryl/α,β-unsaturated/α-hetero) is 1. The average Bonchev–Trinajstić information content (AvgIpc) is 2.39. The molecular weight excluding hydrogens is 278 g/mol. The SMILES string of the molecule is CC(=O)c1ccc(NC(=O)Nc2cc(Cl)ccn2)cc1. The van der Waals surface area contributed by atoms with Crippen molar-refractivity contribution in [1.82, 2.24) is 4.98 Å². The Kier molecular flexibility index (Phi) is 4.32. The van der Waals surface area contributed by atoms with E-state index in [2.05, 4.69) is 15.6 Å². The summed E-state index contributed by atoms with van der Waals surface area (Å²) >= 11 is 5.79. The number of nitrogens with zero attached hydrogens (tertiary/aromatic N) is 1. The van der Waals surface area contributed by atoms with E-state index in [-0.39, 0.29) is 5.78 Å².